The molecule has 0 unspecified atom stereocenters. The molecule has 2 rings (SSSR count). The Bertz CT molecular complexity index is 325. The lowest BCUT2D eigenvalue weighted by Gasteiger charge is -1.86. The standard InChI is InChI=1S/C7H5NO.C4H10O/c1-2-4-7-6(3-1)8-5-9-7;1-3-5-4-2/h1-5H;3-4H2,1-2H3. The second-order valence-corrected chi connectivity index (χ2v) is 2.60. The van der Waals surface area contributed by atoms with Gasteiger partial charge < -0.3 is 9.15 Å². The van der Waals surface area contributed by atoms with Gasteiger partial charge in [-0.3, -0.25) is 0 Å². The van der Waals surface area contributed by atoms with E-state index >= 15 is 0 Å². The summed E-state index contributed by atoms with van der Waals surface area (Å²) in [4.78, 5) is 3.95. The van der Waals surface area contributed by atoms with Crippen molar-refractivity contribution in [2.75, 3.05) is 13.2 Å². The summed E-state index contributed by atoms with van der Waals surface area (Å²) in [5, 5.41) is 0. The summed E-state index contributed by atoms with van der Waals surface area (Å²) in [6.45, 7) is 5.67. The molecule has 1 aromatic heterocycles. The molecule has 0 spiro atoms. The van der Waals surface area contributed by atoms with E-state index in [1.807, 2.05) is 38.1 Å². The number of para-hydroxylation sites is 2. The van der Waals surface area contributed by atoms with Crippen molar-refractivity contribution >= 4 is 11.1 Å². The van der Waals surface area contributed by atoms with E-state index in [4.69, 9.17) is 9.15 Å². The van der Waals surface area contributed by atoms with Gasteiger partial charge in [0.05, 0.1) is 0 Å². The van der Waals surface area contributed by atoms with Crippen molar-refractivity contribution in [3.63, 3.8) is 0 Å². The third-order valence-electron chi connectivity index (χ3n) is 1.64. The lowest BCUT2D eigenvalue weighted by Crippen LogP contribution is -1.84. The van der Waals surface area contributed by atoms with Crippen LogP contribution in [0.4, 0.5) is 0 Å². The Morgan fingerprint density at radius 1 is 1.21 bits per heavy atom. The average Bonchev–Trinajstić information content (AvgIpc) is 2.67. The van der Waals surface area contributed by atoms with E-state index in [1.165, 1.54) is 6.39 Å². The van der Waals surface area contributed by atoms with E-state index in [2.05, 4.69) is 4.98 Å². The number of oxazole rings is 1. The van der Waals surface area contributed by atoms with Gasteiger partial charge in [-0.15, -0.1) is 0 Å². The summed E-state index contributed by atoms with van der Waals surface area (Å²) >= 11 is 0. The van der Waals surface area contributed by atoms with Gasteiger partial charge in [-0.2, -0.15) is 0 Å². The largest absolute Gasteiger partial charge is 0.443 e. The van der Waals surface area contributed by atoms with Crippen LogP contribution in [0.5, 0.6) is 0 Å². The molecule has 0 saturated heterocycles. The zero-order chi connectivity index (χ0) is 10.2. The highest BCUT2D eigenvalue weighted by Crippen LogP contribution is 2.09. The van der Waals surface area contributed by atoms with Crippen LogP contribution in [-0.2, 0) is 4.74 Å². The van der Waals surface area contributed by atoms with Crippen LogP contribution in [0, 0.1) is 0 Å². The summed E-state index contributed by atoms with van der Waals surface area (Å²) in [5.74, 6) is 0. The van der Waals surface area contributed by atoms with Gasteiger partial charge in [0.2, 0.25) is 0 Å². The van der Waals surface area contributed by atoms with E-state index < -0.39 is 0 Å². The lowest BCUT2D eigenvalue weighted by molar-refractivity contribution is 0.162. The van der Waals surface area contributed by atoms with E-state index in [9.17, 15) is 0 Å². The molecule has 1 heterocycles. The summed E-state index contributed by atoms with van der Waals surface area (Å²) in [6, 6.07) is 7.67. The first-order valence-corrected chi connectivity index (χ1v) is 4.74. The average molecular weight is 193 g/mol. The van der Waals surface area contributed by atoms with Crippen LogP contribution < -0.4 is 0 Å². The van der Waals surface area contributed by atoms with Crippen LogP contribution in [0.3, 0.4) is 0 Å². The third-order valence-corrected chi connectivity index (χ3v) is 1.64. The van der Waals surface area contributed by atoms with Crippen molar-refractivity contribution in [2.45, 2.75) is 13.8 Å². The minimum Gasteiger partial charge on any atom is -0.443 e. The Labute approximate surface area is 83.7 Å². The highest BCUT2D eigenvalue weighted by atomic mass is 16.5. The lowest BCUT2D eigenvalue weighted by atomic mass is 10.3. The molecule has 1 aromatic carbocycles. The number of hydrogen-bond donors (Lipinski definition) is 0. The van der Waals surface area contributed by atoms with Crippen molar-refractivity contribution < 1.29 is 9.15 Å². The molecule has 0 fully saturated rings. The van der Waals surface area contributed by atoms with Crippen molar-refractivity contribution in [1.82, 2.24) is 4.98 Å². The second-order valence-electron chi connectivity index (χ2n) is 2.60. The normalized spacial score (nSPS) is 9.57. The summed E-state index contributed by atoms with van der Waals surface area (Å²) in [7, 11) is 0. The van der Waals surface area contributed by atoms with Crippen LogP contribution in [0.15, 0.2) is 35.1 Å². The first-order chi connectivity index (χ1) is 6.88. The molecule has 76 valence electrons. The molecule has 0 amide bonds. The number of rotatable bonds is 2. The second kappa shape index (κ2) is 6.16. The monoisotopic (exact) mass is 193 g/mol. The highest BCUT2D eigenvalue weighted by molar-refractivity contribution is 5.71. The van der Waals surface area contributed by atoms with Crippen molar-refractivity contribution in [3.8, 4) is 0 Å². The van der Waals surface area contributed by atoms with E-state index in [-0.39, 0.29) is 0 Å². The van der Waals surface area contributed by atoms with Gasteiger partial charge >= 0.3 is 0 Å². The fraction of sp³-hybridized carbons (Fsp3) is 0.364. The molecule has 0 atom stereocenters. The predicted molar refractivity (Wildman–Crippen MR) is 56.2 cm³/mol. The Morgan fingerprint density at radius 3 is 2.50 bits per heavy atom. The first kappa shape index (κ1) is 10.7. The minimum absolute atomic E-state index is 0.844. The number of aromatic nitrogens is 1. The molecule has 0 aliphatic rings. The molecule has 0 aliphatic heterocycles. The maximum atomic E-state index is 5.01. The highest BCUT2D eigenvalue weighted by Gasteiger charge is 1.91. The van der Waals surface area contributed by atoms with Crippen molar-refractivity contribution in [2.24, 2.45) is 0 Å². The molecule has 3 heteroatoms. The summed E-state index contributed by atoms with van der Waals surface area (Å²) < 4.78 is 9.84. The predicted octanol–water partition coefficient (Wildman–Crippen LogP) is 2.87. The molecular weight excluding hydrogens is 178 g/mol. The smallest absolute Gasteiger partial charge is 0.181 e. The van der Waals surface area contributed by atoms with E-state index in [0.717, 1.165) is 24.3 Å². The minimum atomic E-state index is 0.844. The SMILES string of the molecule is CCOCC.c1ccc2ocnc2c1. The maximum absolute atomic E-state index is 5.01. The van der Waals surface area contributed by atoms with Crippen LogP contribution in [0.1, 0.15) is 13.8 Å². The Morgan fingerprint density at radius 2 is 1.93 bits per heavy atom. The third kappa shape index (κ3) is 3.18. The number of benzene rings is 1. The zero-order valence-electron chi connectivity index (χ0n) is 8.56. The quantitative estimate of drug-likeness (QED) is 0.735. The molecule has 0 bridgehead atoms. The molecule has 2 aromatic rings. The van der Waals surface area contributed by atoms with Gasteiger partial charge in [0.1, 0.15) is 5.52 Å². The molecule has 0 radical (unpaired) electrons. The van der Waals surface area contributed by atoms with E-state index in [0.29, 0.717) is 0 Å². The van der Waals surface area contributed by atoms with Gasteiger partial charge in [-0.05, 0) is 26.0 Å². The van der Waals surface area contributed by atoms with Crippen molar-refractivity contribution in [3.05, 3.63) is 30.7 Å². The van der Waals surface area contributed by atoms with Crippen LogP contribution >= 0.6 is 0 Å². The number of ether oxygens (including phenoxy) is 1. The molecule has 14 heavy (non-hydrogen) atoms. The van der Waals surface area contributed by atoms with Crippen LogP contribution in [0.25, 0.3) is 11.1 Å². The number of nitrogens with zero attached hydrogens (tertiary/aromatic N) is 1. The maximum Gasteiger partial charge on any atom is 0.181 e. The van der Waals surface area contributed by atoms with Gasteiger partial charge in [0, 0.05) is 13.2 Å². The van der Waals surface area contributed by atoms with E-state index in [1.54, 1.807) is 0 Å². The fourth-order valence-corrected chi connectivity index (χ4v) is 1.01. The Kier molecular flexibility index (Phi) is 4.72. The summed E-state index contributed by atoms with van der Waals surface area (Å²) in [6.07, 6.45) is 1.45. The van der Waals surface area contributed by atoms with Crippen LogP contribution in [0.2, 0.25) is 0 Å². The molecule has 0 saturated carbocycles. The van der Waals surface area contributed by atoms with Gasteiger partial charge in [0.15, 0.2) is 12.0 Å². The molecule has 0 aliphatic carbocycles. The number of hydrogen-bond acceptors (Lipinski definition) is 3. The Balaban J connectivity index is 0.000000171. The van der Waals surface area contributed by atoms with Crippen LogP contribution in [-0.4, -0.2) is 18.2 Å². The molecular formula is C11H15NO2. The topological polar surface area (TPSA) is 35.3 Å². The molecule has 0 N–H and O–H groups in total. The number of fused-ring (bicyclic) bond motifs is 1. The summed E-state index contributed by atoms with van der Waals surface area (Å²) in [5.41, 5.74) is 1.76. The first-order valence-electron chi connectivity index (χ1n) is 4.74. The molecule has 3 nitrogen and oxygen atoms in total. The fourth-order valence-electron chi connectivity index (χ4n) is 1.01. The van der Waals surface area contributed by atoms with Gasteiger partial charge in [0.25, 0.3) is 0 Å². The zero-order valence-corrected chi connectivity index (χ0v) is 8.56. The van der Waals surface area contributed by atoms with Gasteiger partial charge in [-0.1, -0.05) is 12.1 Å². The van der Waals surface area contributed by atoms with Gasteiger partial charge in [-0.25, -0.2) is 4.98 Å². The Hall–Kier alpha value is -1.35. The van der Waals surface area contributed by atoms with Crippen molar-refractivity contribution in [1.29, 1.82) is 0 Å².